The van der Waals surface area contributed by atoms with Crippen LogP contribution in [0.15, 0.2) is 35.2 Å². The Hall–Kier alpha value is -3.04. The van der Waals surface area contributed by atoms with E-state index < -0.39 is 0 Å². The molecule has 4 aromatic rings. The molecule has 3 aromatic heterocycles. The first kappa shape index (κ1) is 21.2. The number of likely N-dealkylation sites (tertiary alicyclic amines) is 1. The van der Waals surface area contributed by atoms with Gasteiger partial charge in [-0.05, 0) is 60.9 Å². The van der Waals surface area contributed by atoms with Crippen LogP contribution < -0.4 is 5.73 Å². The van der Waals surface area contributed by atoms with Crippen molar-refractivity contribution in [1.82, 2.24) is 29.7 Å². The number of hydrogen-bond donors (Lipinski definition) is 1. The molecule has 1 aliphatic rings. The maximum atomic E-state index is 14.5. The van der Waals surface area contributed by atoms with Crippen molar-refractivity contribution < 1.29 is 9.02 Å². The van der Waals surface area contributed by atoms with E-state index in [1.807, 2.05) is 17.6 Å². The topological polar surface area (TPSA) is 98.9 Å². The first-order valence-corrected chi connectivity index (χ1v) is 10.1. The zero-order valence-corrected chi connectivity index (χ0v) is 17.9. The molecule has 5 rings (SSSR count). The van der Waals surface area contributed by atoms with Gasteiger partial charge in [-0.1, -0.05) is 6.07 Å². The number of halogens is 2. The van der Waals surface area contributed by atoms with Gasteiger partial charge < -0.3 is 10.3 Å². The fraction of sp³-hybridized carbons (Fsp3) is 0.333. The molecule has 4 heterocycles. The Morgan fingerprint density at radius 3 is 2.68 bits per heavy atom. The Labute approximate surface area is 184 Å². The summed E-state index contributed by atoms with van der Waals surface area (Å²) in [5.74, 6) is 0.570. The third kappa shape index (κ3) is 3.75. The van der Waals surface area contributed by atoms with Crippen LogP contribution in [0.1, 0.15) is 25.3 Å². The van der Waals surface area contributed by atoms with Crippen LogP contribution in [0.4, 0.5) is 10.2 Å². The smallest absolute Gasteiger partial charge is 0.199 e. The number of hydrogen-bond acceptors (Lipinski definition) is 7. The molecule has 1 fully saturated rings. The Morgan fingerprint density at radius 2 is 1.97 bits per heavy atom. The third-order valence-electron chi connectivity index (χ3n) is 5.64. The molecule has 0 spiro atoms. The van der Waals surface area contributed by atoms with Crippen LogP contribution in [-0.4, -0.2) is 42.8 Å². The number of rotatable bonds is 5. The van der Waals surface area contributed by atoms with E-state index in [2.05, 4.69) is 25.2 Å². The molecule has 0 amide bonds. The summed E-state index contributed by atoms with van der Waals surface area (Å²) < 4.78 is 21.3. The number of pyridine rings is 1. The van der Waals surface area contributed by atoms with Crippen LogP contribution in [0.2, 0.25) is 0 Å². The van der Waals surface area contributed by atoms with Crippen LogP contribution >= 0.6 is 12.4 Å². The van der Waals surface area contributed by atoms with E-state index in [0.717, 1.165) is 29.7 Å². The molecule has 1 aromatic carbocycles. The van der Waals surface area contributed by atoms with Crippen LogP contribution in [0.5, 0.6) is 0 Å². The van der Waals surface area contributed by atoms with E-state index >= 15 is 0 Å². The fourth-order valence-electron chi connectivity index (χ4n) is 4.18. The van der Waals surface area contributed by atoms with E-state index in [-0.39, 0.29) is 24.0 Å². The molecule has 0 saturated carbocycles. The lowest BCUT2D eigenvalue weighted by Crippen LogP contribution is -2.19. The lowest BCUT2D eigenvalue weighted by atomic mass is 10.0. The standard InChI is InChI=1S/C21H22FN7O.ClH/c1-2-29-19-15(10-24-11-17(19)25-21(29)18-20(23)27-30-26-18)13-5-6-16(22)14(9-13)12-28-7-3-4-8-28;/h5-6,9-11H,2-4,7-8,12H2,1H3,(H2,23,27);1H. The Morgan fingerprint density at radius 1 is 1.16 bits per heavy atom. The molecule has 162 valence electrons. The minimum atomic E-state index is -0.183. The van der Waals surface area contributed by atoms with Crippen molar-refractivity contribution in [3.8, 4) is 22.6 Å². The van der Waals surface area contributed by atoms with Gasteiger partial charge in [0.1, 0.15) is 11.3 Å². The molecule has 10 heteroatoms. The lowest BCUT2D eigenvalue weighted by molar-refractivity contribution is 0.310. The van der Waals surface area contributed by atoms with E-state index in [0.29, 0.717) is 35.7 Å². The molecular formula is C21H23ClFN7O. The number of imidazole rings is 1. The summed E-state index contributed by atoms with van der Waals surface area (Å²) in [6.07, 6.45) is 5.83. The summed E-state index contributed by atoms with van der Waals surface area (Å²) in [6, 6.07) is 5.24. The lowest BCUT2D eigenvalue weighted by Gasteiger charge is -2.16. The molecule has 1 aliphatic heterocycles. The van der Waals surface area contributed by atoms with Crippen LogP contribution in [0, 0.1) is 5.82 Å². The van der Waals surface area contributed by atoms with Crippen molar-refractivity contribution in [3.05, 3.63) is 42.0 Å². The monoisotopic (exact) mass is 443 g/mol. The minimum absolute atomic E-state index is 0. The third-order valence-corrected chi connectivity index (χ3v) is 5.64. The van der Waals surface area contributed by atoms with Gasteiger partial charge in [0, 0.05) is 30.4 Å². The number of benzene rings is 1. The Bertz CT molecular complexity index is 1220. The van der Waals surface area contributed by atoms with Crippen LogP contribution in [0.3, 0.4) is 0 Å². The molecule has 0 bridgehead atoms. The number of nitrogens with zero attached hydrogens (tertiary/aromatic N) is 6. The predicted molar refractivity (Wildman–Crippen MR) is 118 cm³/mol. The number of nitrogens with two attached hydrogens (primary N) is 1. The highest BCUT2D eigenvalue weighted by atomic mass is 35.5. The first-order valence-electron chi connectivity index (χ1n) is 10.1. The SMILES string of the molecule is CCn1c(-c2nonc2N)nc2cncc(-c3ccc(F)c(CN4CCCC4)c3)c21.Cl. The molecule has 0 atom stereocenters. The van der Waals surface area contributed by atoms with E-state index in [9.17, 15) is 4.39 Å². The number of aryl methyl sites for hydroxylation is 1. The van der Waals surface area contributed by atoms with Crippen molar-refractivity contribution in [1.29, 1.82) is 0 Å². The molecule has 8 nitrogen and oxygen atoms in total. The number of nitrogen functional groups attached to an aromatic ring is 1. The summed E-state index contributed by atoms with van der Waals surface area (Å²) in [5, 5.41) is 7.57. The highest BCUT2D eigenvalue weighted by Gasteiger charge is 2.21. The van der Waals surface area contributed by atoms with Crippen molar-refractivity contribution >= 4 is 29.3 Å². The second kappa shape index (κ2) is 8.60. The summed E-state index contributed by atoms with van der Waals surface area (Å²) in [4.78, 5) is 11.3. The molecule has 0 radical (unpaired) electrons. The predicted octanol–water partition coefficient (Wildman–Crippen LogP) is 3.91. The summed E-state index contributed by atoms with van der Waals surface area (Å²) in [5.41, 5.74) is 10.4. The fourth-order valence-corrected chi connectivity index (χ4v) is 4.18. The largest absolute Gasteiger partial charge is 0.379 e. The van der Waals surface area contributed by atoms with E-state index in [4.69, 9.17) is 10.4 Å². The van der Waals surface area contributed by atoms with Crippen LogP contribution in [0.25, 0.3) is 33.7 Å². The molecule has 31 heavy (non-hydrogen) atoms. The van der Waals surface area contributed by atoms with Gasteiger partial charge in [-0.15, -0.1) is 12.4 Å². The molecular weight excluding hydrogens is 421 g/mol. The quantitative estimate of drug-likeness (QED) is 0.499. The van der Waals surface area contributed by atoms with Gasteiger partial charge >= 0.3 is 0 Å². The number of aromatic nitrogens is 5. The van der Waals surface area contributed by atoms with Gasteiger partial charge in [-0.3, -0.25) is 9.88 Å². The Kier molecular flexibility index (Phi) is 5.88. The van der Waals surface area contributed by atoms with Gasteiger partial charge in [0.05, 0.1) is 11.7 Å². The highest BCUT2D eigenvalue weighted by Crippen LogP contribution is 2.33. The molecule has 1 saturated heterocycles. The van der Waals surface area contributed by atoms with Crippen molar-refractivity contribution in [2.75, 3.05) is 18.8 Å². The summed E-state index contributed by atoms with van der Waals surface area (Å²) in [6.45, 7) is 5.29. The van der Waals surface area contributed by atoms with Crippen molar-refractivity contribution in [2.45, 2.75) is 32.9 Å². The second-order valence-corrected chi connectivity index (χ2v) is 7.52. The van der Waals surface area contributed by atoms with Crippen molar-refractivity contribution in [2.24, 2.45) is 0 Å². The van der Waals surface area contributed by atoms with Gasteiger partial charge in [0.15, 0.2) is 17.3 Å². The highest BCUT2D eigenvalue weighted by molar-refractivity contribution is 5.94. The normalized spacial score (nSPS) is 14.3. The summed E-state index contributed by atoms with van der Waals surface area (Å²) >= 11 is 0. The van der Waals surface area contributed by atoms with Gasteiger partial charge in [0.25, 0.3) is 0 Å². The molecule has 0 aliphatic carbocycles. The number of anilines is 1. The molecule has 0 unspecified atom stereocenters. The Balaban J connectivity index is 0.00000231. The number of fused-ring (bicyclic) bond motifs is 1. The van der Waals surface area contributed by atoms with Gasteiger partial charge in [-0.25, -0.2) is 14.0 Å². The maximum absolute atomic E-state index is 14.5. The molecule has 2 N–H and O–H groups in total. The maximum Gasteiger partial charge on any atom is 0.199 e. The van der Waals surface area contributed by atoms with E-state index in [1.165, 1.54) is 18.9 Å². The minimum Gasteiger partial charge on any atom is -0.379 e. The summed E-state index contributed by atoms with van der Waals surface area (Å²) in [7, 11) is 0. The zero-order chi connectivity index (χ0) is 20.7. The van der Waals surface area contributed by atoms with Crippen LogP contribution in [-0.2, 0) is 13.1 Å². The van der Waals surface area contributed by atoms with Gasteiger partial charge in [-0.2, -0.15) is 0 Å². The van der Waals surface area contributed by atoms with E-state index in [1.54, 1.807) is 18.5 Å². The first-order chi connectivity index (χ1) is 14.7. The average molecular weight is 444 g/mol. The average Bonchev–Trinajstić information content (AvgIpc) is 3.48. The zero-order valence-electron chi connectivity index (χ0n) is 17.1. The second-order valence-electron chi connectivity index (χ2n) is 7.52. The van der Waals surface area contributed by atoms with Crippen molar-refractivity contribution in [3.63, 3.8) is 0 Å². The van der Waals surface area contributed by atoms with Gasteiger partial charge in [0.2, 0.25) is 0 Å².